The lowest BCUT2D eigenvalue weighted by Gasteiger charge is -2.19. The summed E-state index contributed by atoms with van der Waals surface area (Å²) in [7, 11) is 1.68. The summed E-state index contributed by atoms with van der Waals surface area (Å²) in [6.07, 6.45) is -0.0768. The molecule has 114 valence electrons. The van der Waals surface area contributed by atoms with Crippen molar-refractivity contribution in [2.45, 2.75) is 20.0 Å². The van der Waals surface area contributed by atoms with Crippen LogP contribution in [0.25, 0.3) is 10.9 Å². The molecule has 0 saturated carbocycles. The molecule has 3 aromatic rings. The molecule has 0 spiro atoms. The Morgan fingerprint density at radius 1 is 1.05 bits per heavy atom. The minimum atomic E-state index is -0.0768. The van der Waals surface area contributed by atoms with Crippen molar-refractivity contribution in [3.8, 4) is 5.75 Å². The molecular formula is C19H21NO2. The number of para-hydroxylation sites is 1. The van der Waals surface area contributed by atoms with Gasteiger partial charge in [-0.3, -0.25) is 0 Å². The molecule has 2 aromatic carbocycles. The highest BCUT2D eigenvalue weighted by atomic mass is 16.5. The number of rotatable bonds is 5. The molecule has 0 radical (unpaired) electrons. The van der Waals surface area contributed by atoms with E-state index >= 15 is 0 Å². The van der Waals surface area contributed by atoms with Crippen LogP contribution in [0.2, 0.25) is 0 Å². The first-order valence-corrected chi connectivity index (χ1v) is 7.57. The summed E-state index contributed by atoms with van der Waals surface area (Å²) in [5.41, 5.74) is 4.64. The van der Waals surface area contributed by atoms with E-state index in [1.165, 1.54) is 10.9 Å². The summed E-state index contributed by atoms with van der Waals surface area (Å²) in [6.45, 7) is 4.79. The van der Waals surface area contributed by atoms with Gasteiger partial charge >= 0.3 is 0 Å². The zero-order chi connectivity index (χ0) is 15.5. The first kappa shape index (κ1) is 14.7. The molecule has 0 aliphatic heterocycles. The second kappa shape index (κ2) is 6.24. The lowest BCUT2D eigenvalue weighted by atomic mass is 9.98. The molecule has 1 heterocycles. The maximum atomic E-state index is 6.07. The van der Waals surface area contributed by atoms with E-state index in [2.05, 4.69) is 42.2 Å². The van der Waals surface area contributed by atoms with Crippen LogP contribution in [-0.2, 0) is 4.74 Å². The largest absolute Gasteiger partial charge is 0.497 e. The Balaban J connectivity index is 2.11. The van der Waals surface area contributed by atoms with Crippen molar-refractivity contribution in [1.29, 1.82) is 0 Å². The van der Waals surface area contributed by atoms with Crippen LogP contribution in [0.1, 0.15) is 29.8 Å². The molecule has 1 atom stereocenters. The first-order valence-electron chi connectivity index (χ1n) is 7.57. The van der Waals surface area contributed by atoms with E-state index in [-0.39, 0.29) is 6.10 Å². The average Bonchev–Trinajstić information content (AvgIpc) is 2.88. The van der Waals surface area contributed by atoms with E-state index in [4.69, 9.17) is 9.47 Å². The Morgan fingerprint density at radius 3 is 2.45 bits per heavy atom. The van der Waals surface area contributed by atoms with Gasteiger partial charge in [0.25, 0.3) is 0 Å². The number of fused-ring (bicyclic) bond motifs is 1. The summed E-state index contributed by atoms with van der Waals surface area (Å²) in [5, 5.41) is 1.22. The number of methoxy groups -OCH3 is 1. The number of hydrogen-bond donors (Lipinski definition) is 1. The van der Waals surface area contributed by atoms with Crippen LogP contribution < -0.4 is 4.74 Å². The number of hydrogen-bond acceptors (Lipinski definition) is 2. The number of ether oxygens (including phenoxy) is 2. The van der Waals surface area contributed by atoms with Crippen LogP contribution in [0.3, 0.4) is 0 Å². The predicted octanol–water partition coefficient (Wildman–Crippen LogP) is 4.61. The van der Waals surface area contributed by atoms with Crippen molar-refractivity contribution < 1.29 is 9.47 Å². The van der Waals surface area contributed by atoms with Crippen molar-refractivity contribution in [3.05, 3.63) is 65.4 Å². The summed E-state index contributed by atoms with van der Waals surface area (Å²) in [4.78, 5) is 3.45. The molecule has 0 aliphatic carbocycles. The second-order valence-electron chi connectivity index (χ2n) is 5.32. The van der Waals surface area contributed by atoms with Crippen LogP contribution >= 0.6 is 0 Å². The van der Waals surface area contributed by atoms with Gasteiger partial charge < -0.3 is 14.5 Å². The normalized spacial score (nSPS) is 12.5. The van der Waals surface area contributed by atoms with Gasteiger partial charge in [-0.25, -0.2) is 0 Å². The van der Waals surface area contributed by atoms with Gasteiger partial charge in [0.05, 0.1) is 7.11 Å². The summed E-state index contributed by atoms with van der Waals surface area (Å²) < 4.78 is 11.3. The highest BCUT2D eigenvalue weighted by Gasteiger charge is 2.21. The van der Waals surface area contributed by atoms with Gasteiger partial charge in [-0.2, -0.15) is 0 Å². The van der Waals surface area contributed by atoms with Crippen molar-refractivity contribution >= 4 is 10.9 Å². The Bertz CT molecular complexity index is 759. The maximum Gasteiger partial charge on any atom is 0.118 e. The monoisotopic (exact) mass is 295 g/mol. The van der Waals surface area contributed by atoms with Crippen LogP contribution in [0.5, 0.6) is 5.75 Å². The Morgan fingerprint density at radius 2 is 1.77 bits per heavy atom. The summed E-state index contributed by atoms with van der Waals surface area (Å²) in [6, 6.07) is 16.5. The van der Waals surface area contributed by atoms with Gasteiger partial charge in [-0.1, -0.05) is 30.3 Å². The third-order valence-electron chi connectivity index (χ3n) is 3.96. The quantitative estimate of drug-likeness (QED) is 0.745. The molecule has 1 N–H and O–H groups in total. The van der Waals surface area contributed by atoms with E-state index in [0.29, 0.717) is 6.61 Å². The number of aryl methyl sites for hydroxylation is 1. The summed E-state index contributed by atoms with van der Waals surface area (Å²) >= 11 is 0. The molecule has 0 unspecified atom stereocenters. The highest BCUT2D eigenvalue weighted by Crippen LogP contribution is 2.35. The lowest BCUT2D eigenvalue weighted by Crippen LogP contribution is -2.07. The van der Waals surface area contributed by atoms with E-state index in [9.17, 15) is 0 Å². The van der Waals surface area contributed by atoms with Crippen LogP contribution in [0, 0.1) is 6.92 Å². The average molecular weight is 295 g/mol. The third-order valence-corrected chi connectivity index (χ3v) is 3.96. The Hall–Kier alpha value is -2.26. The smallest absolute Gasteiger partial charge is 0.118 e. The third kappa shape index (κ3) is 2.60. The number of aromatic amines is 1. The molecule has 0 saturated heterocycles. The van der Waals surface area contributed by atoms with E-state index in [1.54, 1.807) is 7.11 Å². The SMILES string of the molecule is CCO[C@@H](c1ccc(OC)cc1)c1c(C)[nH]c2ccccc12. The van der Waals surface area contributed by atoms with Crippen LogP contribution in [0.15, 0.2) is 48.5 Å². The molecule has 0 amide bonds. The molecule has 1 aromatic heterocycles. The molecule has 22 heavy (non-hydrogen) atoms. The standard InChI is InChI=1S/C19H21NO2/c1-4-22-19(14-9-11-15(21-3)12-10-14)18-13(2)20-17-8-6-5-7-16(17)18/h5-12,19-20H,4H2,1-3H3/t19-/m0/s1. The molecular weight excluding hydrogens is 274 g/mol. The fraction of sp³-hybridized carbons (Fsp3) is 0.263. The fourth-order valence-corrected chi connectivity index (χ4v) is 2.93. The van der Waals surface area contributed by atoms with Gasteiger partial charge in [-0.15, -0.1) is 0 Å². The minimum absolute atomic E-state index is 0.0768. The highest BCUT2D eigenvalue weighted by molar-refractivity contribution is 5.85. The van der Waals surface area contributed by atoms with Crippen molar-refractivity contribution in [1.82, 2.24) is 4.98 Å². The topological polar surface area (TPSA) is 34.2 Å². The predicted molar refractivity (Wildman–Crippen MR) is 89.5 cm³/mol. The zero-order valence-corrected chi connectivity index (χ0v) is 13.2. The van der Waals surface area contributed by atoms with Gasteiger partial charge in [0.1, 0.15) is 11.9 Å². The molecule has 3 heteroatoms. The van der Waals surface area contributed by atoms with Crippen LogP contribution in [-0.4, -0.2) is 18.7 Å². The zero-order valence-electron chi connectivity index (χ0n) is 13.2. The van der Waals surface area contributed by atoms with Crippen LogP contribution in [0.4, 0.5) is 0 Å². The first-order chi connectivity index (χ1) is 10.7. The summed E-state index contributed by atoms with van der Waals surface area (Å²) in [5.74, 6) is 0.856. The molecule has 0 fully saturated rings. The number of aromatic nitrogens is 1. The number of H-pyrrole nitrogens is 1. The molecule has 0 bridgehead atoms. The Labute approximate surface area is 130 Å². The fourth-order valence-electron chi connectivity index (χ4n) is 2.93. The van der Waals surface area contributed by atoms with Gasteiger partial charge in [-0.05, 0) is 37.6 Å². The Kier molecular flexibility index (Phi) is 4.16. The molecule has 3 rings (SSSR count). The van der Waals surface area contributed by atoms with Crippen molar-refractivity contribution in [3.63, 3.8) is 0 Å². The van der Waals surface area contributed by atoms with Gasteiger partial charge in [0.15, 0.2) is 0 Å². The molecule has 0 aliphatic rings. The van der Waals surface area contributed by atoms with Gasteiger partial charge in [0.2, 0.25) is 0 Å². The number of nitrogens with one attached hydrogen (secondary N) is 1. The second-order valence-corrected chi connectivity index (χ2v) is 5.32. The van der Waals surface area contributed by atoms with Gasteiger partial charge in [0, 0.05) is 28.8 Å². The van der Waals surface area contributed by atoms with E-state index in [1.807, 2.05) is 25.1 Å². The number of benzene rings is 2. The molecule has 3 nitrogen and oxygen atoms in total. The minimum Gasteiger partial charge on any atom is -0.497 e. The van der Waals surface area contributed by atoms with E-state index in [0.717, 1.165) is 22.5 Å². The maximum absolute atomic E-state index is 6.07. The lowest BCUT2D eigenvalue weighted by molar-refractivity contribution is 0.0919. The van der Waals surface area contributed by atoms with E-state index < -0.39 is 0 Å². The van der Waals surface area contributed by atoms with Crippen molar-refractivity contribution in [2.75, 3.05) is 13.7 Å². The van der Waals surface area contributed by atoms with Crippen molar-refractivity contribution in [2.24, 2.45) is 0 Å².